The average Bonchev–Trinajstić information content (AvgIpc) is 2.48. The van der Waals surface area contributed by atoms with E-state index < -0.39 is 11.9 Å². The standard InChI is InChI=1S/C17H24N2O4/c1-11(2)23-15-7-5-4-6-14(15)18-17(22)19-9-12(3)8-13(10-19)16(20)21/h4-7,11-13H,8-10H2,1-3H3,(H,18,22)(H,20,21). The summed E-state index contributed by atoms with van der Waals surface area (Å²) in [7, 11) is 0. The van der Waals surface area contributed by atoms with Gasteiger partial charge >= 0.3 is 12.0 Å². The number of para-hydroxylation sites is 2. The van der Waals surface area contributed by atoms with Crippen LogP contribution >= 0.6 is 0 Å². The van der Waals surface area contributed by atoms with Crippen LogP contribution in [0.25, 0.3) is 0 Å². The molecule has 126 valence electrons. The fraction of sp³-hybridized carbons (Fsp3) is 0.529. The maximum Gasteiger partial charge on any atom is 0.321 e. The van der Waals surface area contributed by atoms with Crippen molar-refractivity contribution in [1.29, 1.82) is 0 Å². The zero-order valence-corrected chi connectivity index (χ0v) is 13.8. The van der Waals surface area contributed by atoms with Crippen molar-refractivity contribution < 1.29 is 19.4 Å². The number of hydrogen-bond donors (Lipinski definition) is 2. The molecule has 0 spiro atoms. The van der Waals surface area contributed by atoms with Crippen molar-refractivity contribution >= 4 is 17.7 Å². The molecule has 0 aromatic heterocycles. The maximum absolute atomic E-state index is 12.5. The van der Waals surface area contributed by atoms with Crippen LogP contribution in [0.2, 0.25) is 0 Å². The number of urea groups is 1. The number of nitrogens with zero attached hydrogens (tertiary/aromatic N) is 1. The first-order valence-corrected chi connectivity index (χ1v) is 7.91. The van der Waals surface area contributed by atoms with Gasteiger partial charge < -0.3 is 20.1 Å². The zero-order valence-electron chi connectivity index (χ0n) is 13.8. The first kappa shape index (κ1) is 17.1. The predicted molar refractivity (Wildman–Crippen MR) is 87.7 cm³/mol. The molecule has 23 heavy (non-hydrogen) atoms. The van der Waals surface area contributed by atoms with Gasteiger partial charge in [0.1, 0.15) is 5.75 Å². The summed E-state index contributed by atoms with van der Waals surface area (Å²) >= 11 is 0. The van der Waals surface area contributed by atoms with Gasteiger partial charge in [-0.3, -0.25) is 4.79 Å². The van der Waals surface area contributed by atoms with E-state index in [1.807, 2.05) is 32.9 Å². The number of benzene rings is 1. The molecule has 1 heterocycles. The number of piperidine rings is 1. The SMILES string of the molecule is CC1CC(C(=O)O)CN(C(=O)Nc2ccccc2OC(C)C)C1. The Labute approximate surface area is 136 Å². The van der Waals surface area contributed by atoms with E-state index in [1.54, 1.807) is 17.0 Å². The lowest BCUT2D eigenvalue weighted by Gasteiger charge is -2.34. The lowest BCUT2D eigenvalue weighted by atomic mass is 9.91. The Balaban J connectivity index is 2.08. The van der Waals surface area contributed by atoms with E-state index in [9.17, 15) is 14.7 Å². The van der Waals surface area contributed by atoms with Gasteiger partial charge in [-0.2, -0.15) is 0 Å². The molecule has 1 saturated heterocycles. The second-order valence-corrected chi connectivity index (χ2v) is 6.37. The fourth-order valence-electron chi connectivity index (χ4n) is 2.82. The summed E-state index contributed by atoms with van der Waals surface area (Å²) in [5.41, 5.74) is 0.594. The largest absolute Gasteiger partial charge is 0.489 e. The highest BCUT2D eigenvalue weighted by molar-refractivity contribution is 5.91. The first-order valence-electron chi connectivity index (χ1n) is 7.91. The highest BCUT2D eigenvalue weighted by atomic mass is 16.5. The molecule has 2 unspecified atom stereocenters. The number of carboxylic acids is 1. The number of carbonyl (C=O) groups is 2. The number of carbonyl (C=O) groups excluding carboxylic acids is 1. The molecular formula is C17H24N2O4. The zero-order chi connectivity index (χ0) is 17.0. The Bertz CT molecular complexity index is 573. The van der Waals surface area contributed by atoms with Crippen LogP contribution in [0.15, 0.2) is 24.3 Å². The van der Waals surface area contributed by atoms with Gasteiger partial charge in [0.05, 0.1) is 17.7 Å². The van der Waals surface area contributed by atoms with Crippen LogP contribution < -0.4 is 10.1 Å². The van der Waals surface area contributed by atoms with E-state index in [-0.39, 0.29) is 24.6 Å². The lowest BCUT2D eigenvalue weighted by Crippen LogP contribution is -2.47. The van der Waals surface area contributed by atoms with Crippen LogP contribution in [-0.2, 0) is 4.79 Å². The van der Waals surface area contributed by atoms with Gasteiger partial charge in [-0.1, -0.05) is 19.1 Å². The number of rotatable bonds is 4. The van der Waals surface area contributed by atoms with Crippen molar-refractivity contribution in [2.45, 2.75) is 33.3 Å². The summed E-state index contributed by atoms with van der Waals surface area (Å²) in [5, 5.41) is 12.0. The van der Waals surface area contributed by atoms with E-state index in [1.165, 1.54) is 0 Å². The van der Waals surface area contributed by atoms with Gasteiger partial charge in [-0.25, -0.2) is 4.79 Å². The molecule has 0 radical (unpaired) electrons. The Morgan fingerprint density at radius 2 is 2.00 bits per heavy atom. The Kier molecular flexibility index (Phi) is 5.47. The number of likely N-dealkylation sites (tertiary alicyclic amines) is 1. The third-order valence-electron chi connectivity index (χ3n) is 3.79. The first-order chi connectivity index (χ1) is 10.9. The lowest BCUT2D eigenvalue weighted by molar-refractivity contribution is -0.143. The molecule has 2 amide bonds. The summed E-state index contributed by atoms with van der Waals surface area (Å²) < 4.78 is 5.69. The second kappa shape index (κ2) is 7.35. The molecule has 2 rings (SSSR count). The minimum absolute atomic E-state index is 0.000508. The normalized spacial score (nSPS) is 21.1. The smallest absolute Gasteiger partial charge is 0.321 e. The van der Waals surface area contributed by atoms with Gasteiger partial charge in [-0.15, -0.1) is 0 Å². The predicted octanol–water partition coefficient (Wildman–Crippen LogP) is 3.05. The van der Waals surface area contributed by atoms with Crippen molar-refractivity contribution in [3.8, 4) is 5.75 Å². The molecular weight excluding hydrogens is 296 g/mol. The van der Waals surface area contributed by atoms with Crippen LogP contribution in [0.5, 0.6) is 5.75 Å². The highest BCUT2D eigenvalue weighted by Crippen LogP contribution is 2.27. The van der Waals surface area contributed by atoms with Crippen molar-refractivity contribution in [1.82, 2.24) is 4.90 Å². The van der Waals surface area contributed by atoms with E-state index in [0.717, 1.165) is 0 Å². The van der Waals surface area contributed by atoms with Crippen molar-refractivity contribution in [2.24, 2.45) is 11.8 Å². The number of hydrogen-bond acceptors (Lipinski definition) is 3. The molecule has 1 aliphatic rings. The summed E-state index contributed by atoms with van der Waals surface area (Å²) in [6, 6.07) is 6.95. The van der Waals surface area contributed by atoms with Crippen LogP contribution in [0.1, 0.15) is 27.2 Å². The molecule has 2 N–H and O–H groups in total. The van der Waals surface area contributed by atoms with Crippen molar-refractivity contribution in [2.75, 3.05) is 18.4 Å². The van der Waals surface area contributed by atoms with Crippen molar-refractivity contribution in [3.63, 3.8) is 0 Å². The average molecular weight is 320 g/mol. The molecule has 1 aromatic rings. The van der Waals surface area contributed by atoms with Crippen LogP contribution in [-0.4, -0.2) is 41.2 Å². The highest BCUT2D eigenvalue weighted by Gasteiger charge is 2.32. The molecule has 1 fully saturated rings. The minimum atomic E-state index is -0.849. The van der Waals surface area contributed by atoms with Crippen LogP contribution in [0, 0.1) is 11.8 Å². The van der Waals surface area contributed by atoms with E-state index in [0.29, 0.717) is 24.4 Å². The van der Waals surface area contributed by atoms with Crippen LogP contribution in [0.3, 0.4) is 0 Å². The number of aliphatic carboxylic acids is 1. The topological polar surface area (TPSA) is 78.9 Å². The molecule has 0 aliphatic carbocycles. The molecule has 6 heteroatoms. The van der Waals surface area contributed by atoms with Gasteiger partial charge in [0.15, 0.2) is 0 Å². The van der Waals surface area contributed by atoms with E-state index in [4.69, 9.17) is 4.74 Å². The summed E-state index contributed by atoms with van der Waals surface area (Å²) in [6.07, 6.45) is 0.603. The monoisotopic (exact) mass is 320 g/mol. The Morgan fingerprint density at radius 1 is 1.30 bits per heavy atom. The third-order valence-corrected chi connectivity index (χ3v) is 3.79. The van der Waals surface area contributed by atoms with E-state index >= 15 is 0 Å². The second-order valence-electron chi connectivity index (χ2n) is 6.37. The fourth-order valence-corrected chi connectivity index (χ4v) is 2.82. The number of nitrogens with one attached hydrogen (secondary N) is 1. The molecule has 0 bridgehead atoms. The Morgan fingerprint density at radius 3 is 2.65 bits per heavy atom. The summed E-state index contributed by atoms with van der Waals surface area (Å²) in [4.78, 5) is 25.3. The molecule has 0 saturated carbocycles. The van der Waals surface area contributed by atoms with Gasteiger partial charge in [0, 0.05) is 13.1 Å². The van der Waals surface area contributed by atoms with Crippen LogP contribution in [0.4, 0.5) is 10.5 Å². The summed E-state index contributed by atoms with van der Waals surface area (Å²) in [5.74, 6) is -0.585. The number of carboxylic acid groups (broad SMARTS) is 1. The maximum atomic E-state index is 12.5. The number of ether oxygens (including phenoxy) is 1. The van der Waals surface area contributed by atoms with Gasteiger partial charge in [0.25, 0.3) is 0 Å². The Hall–Kier alpha value is -2.24. The third kappa shape index (κ3) is 4.61. The quantitative estimate of drug-likeness (QED) is 0.893. The molecule has 2 atom stereocenters. The van der Waals surface area contributed by atoms with Gasteiger partial charge in [0.2, 0.25) is 0 Å². The number of anilines is 1. The molecule has 1 aromatic carbocycles. The molecule has 6 nitrogen and oxygen atoms in total. The van der Waals surface area contributed by atoms with Gasteiger partial charge in [-0.05, 0) is 38.3 Å². The van der Waals surface area contributed by atoms with E-state index in [2.05, 4.69) is 5.32 Å². The summed E-state index contributed by atoms with van der Waals surface area (Å²) in [6.45, 7) is 6.59. The minimum Gasteiger partial charge on any atom is -0.489 e. The molecule has 1 aliphatic heterocycles. The van der Waals surface area contributed by atoms with Crippen molar-refractivity contribution in [3.05, 3.63) is 24.3 Å². The number of amides is 2.